The molecule has 0 spiro atoms. The average molecular weight is 443 g/mol. The Kier molecular flexibility index (Phi) is 7.29. The lowest BCUT2D eigenvalue weighted by molar-refractivity contribution is -0.151. The zero-order valence-corrected chi connectivity index (χ0v) is 18.6. The van der Waals surface area contributed by atoms with Crippen molar-refractivity contribution in [1.82, 2.24) is 15.3 Å². The van der Waals surface area contributed by atoms with Gasteiger partial charge in [-0.2, -0.15) is 0 Å². The maximum Gasteiger partial charge on any atom is 0.247 e. The number of anilines is 1. The molecule has 2 saturated heterocycles. The minimum absolute atomic E-state index is 0.0322. The second kappa shape index (κ2) is 10.3. The Morgan fingerprint density at radius 2 is 1.44 bits per heavy atom. The molecule has 1 saturated carbocycles. The molecule has 1 aromatic carbocycles. The summed E-state index contributed by atoms with van der Waals surface area (Å²) in [6.45, 7) is 4.26. The van der Waals surface area contributed by atoms with Gasteiger partial charge < -0.3 is 14.7 Å². The number of benzene rings is 1. The molecule has 32 heavy (non-hydrogen) atoms. The molecule has 4 rings (SSSR count). The third-order valence-electron chi connectivity index (χ3n) is 7.34. The molecule has 8 heteroatoms. The van der Waals surface area contributed by atoms with Crippen molar-refractivity contribution in [2.75, 3.05) is 44.2 Å². The van der Waals surface area contributed by atoms with Crippen LogP contribution in [0.3, 0.4) is 0 Å². The number of likely N-dealkylation sites (tertiary alicyclic amines) is 1. The summed E-state index contributed by atoms with van der Waals surface area (Å²) in [5.41, 5.74) is 2.89. The number of hydrogen-bond acceptors (Lipinski definition) is 5. The van der Waals surface area contributed by atoms with E-state index in [-0.39, 0.29) is 17.7 Å². The Hall–Kier alpha value is -2.61. The lowest BCUT2D eigenvalue weighted by atomic mass is 9.72. The summed E-state index contributed by atoms with van der Waals surface area (Å²) >= 11 is 0. The van der Waals surface area contributed by atoms with Crippen LogP contribution >= 0.6 is 0 Å². The second-order valence-electron chi connectivity index (χ2n) is 9.23. The van der Waals surface area contributed by atoms with Crippen LogP contribution in [0.5, 0.6) is 0 Å². The number of para-hydroxylation sites is 1. The van der Waals surface area contributed by atoms with Gasteiger partial charge in [-0.1, -0.05) is 18.2 Å². The van der Waals surface area contributed by atoms with Gasteiger partial charge in [-0.05, 0) is 50.7 Å². The highest BCUT2D eigenvalue weighted by Gasteiger charge is 2.44. The van der Waals surface area contributed by atoms with E-state index in [2.05, 4.69) is 17.0 Å². The van der Waals surface area contributed by atoms with E-state index in [1.807, 2.05) is 28.0 Å². The van der Waals surface area contributed by atoms with Gasteiger partial charge in [0.25, 0.3) is 0 Å². The zero-order chi connectivity index (χ0) is 22.5. The Labute approximate surface area is 189 Å². The second-order valence-corrected chi connectivity index (χ2v) is 9.23. The molecule has 1 aliphatic carbocycles. The van der Waals surface area contributed by atoms with Gasteiger partial charge in [-0.3, -0.25) is 19.6 Å². The van der Waals surface area contributed by atoms with E-state index in [0.717, 1.165) is 51.1 Å². The van der Waals surface area contributed by atoms with Crippen molar-refractivity contribution in [1.29, 1.82) is 0 Å². The predicted molar refractivity (Wildman–Crippen MR) is 120 cm³/mol. The number of carbonyl (C=O) groups is 3. The van der Waals surface area contributed by atoms with E-state index in [4.69, 9.17) is 0 Å². The van der Waals surface area contributed by atoms with Crippen LogP contribution in [-0.4, -0.2) is 72.0 Å². The smallest absolute Gasteiger partial charge is 0.247 e. The van der Waals surface area contributed by atoms with Gasteiger partial charge in [-0.15, -0.1) is 0 Å². The molecular weight excluding hydrogens is 408 g/mol. The van der Waals surface area contributed by atoms with Crippen molar-refractivity contribution >= 4 is 23.4 Å². The van der Waals surface area contributed by atoms with Gasteiger partial charge in [0, 0.05) is 56.8 Å². The minimum Gasteiger partial charge on any atom is -0.368 e. The zero-order valence-electron chi connectivity index (χ0n) is 18.6. The molecule has 0 unspecified atom stereocenters. The number of hydrogen-bond donors (Lipinski definition) is 2. The summed E-state index contributed by atoms with van der Waals surface area (Å²) < 4.78 is 0. The fraction of sp³-hybridized carbons (Fsp3) is 0.625. The lowest BCUT2D eigenvalue weighted by Gasteiger charge is -2.41. The van der Waals surface area contributed by atoms with E-state index >= 15 is 0 Å². The standard InChI is InChI=1S/C24H34N4O4/c29-22(25-32)21-17-18(23(30)27-11-5-2-6-12-27)9-10-20(21)24(31)28-15-13-26(14-16-28)19-7-3-1-4-8-19/h1,3-4,7-8,18,20-21,32H,2,5-6,9-17H2,(H,25,29)/t18-,20+,21+/m1/s1. The first-order valence-electron chi connectivity index (χ1n) is 11.9. The maximum absolute atomic E-state index is 13.4. The molecule has 3 amide bonds. The number of piperidine rings is 1. The van der Waals surface area contributed by atoms with Crippen LogP contribution in [0.1, 0.15) is 38.5 Å². The van der Waals surface area contributed by atoms with Crippen molar-refractivity contribution in [3.8, 4) is 0 Å². The van der Waals surface area contributed by atoms with E-state index in [1.165, 1.54) is 0 Å². The van der Waals surface area contributed by atoms with Crippen molar-refractivity contribution in [2.45, 2.75) is 38.5 Å². The lowest BCUT2D eigenvalue weighted by Crippen LogP contribution is -2.53. The molecule has 0 aromatic heterocycles. The molecule has 1 aromatic rings. The summed E-state index contributed by atoms with van der Waals surface area (Å²) in [5, 5.41) is 9.30. The summed E-state index contributed by atoms with van der Waals surface area (Å²) in [5.74, 6) is -1.90. The molecular formula is C24H34N4O4. The van der Waals surface area contributed by atoms with Crippen LogP contribution in [0.25, 0.3) is 0 Å². The monoisotopic (exact) mass is 442 g/mol. The van der Waals surface area contributed by atoms with E-state index < -0.39 is 17.7 Å². The molecule has 2 aliphatic heterocycles. The summed E-state index contributed by atoms with van der Waals surface area (Å²) in [7, 11) is 0. The molecule has 0 radical (unpaired) electrons. The number of nitrogens with one attached hydrogen (secondary N) is 1. The quantitative estimate of drug-likeness (QED) is 0.549. The van der Waals surface area contributed by atoms with Crippen molar-refractivity contribution < 1.29 is 19.6 Å². The topological polar surface area (TPSA) is 93.2 Å². The van der Waals surface area contributed by atoms with Crippen LogP contribution < -0.4 is 10.4 Å². The van der Waals surface area contributed by atoms with Gasteiger partial charge >= 0.3 is 0 Å². The van der Waals surface area contributed by atoms with Crippen LogP contribution in [0.15, 0.2) is 30.3 Å². The molecule has 8 nitrogen and oxygen atoms in total. The largest absolute Gasteiger partial charge is 0.368 e. The van der Waals surface area contributed by atoms with Crippen LogP contribution in [0, 0.1) is 17.8 Å². The van der Waals surface area contributed by atoms with E-state index in [0.29, 0.717) is 32.4 Å². The normalized spacial score (nSPS) is 26.5. The number of carbonyl (C=O) groups excluding carboxylic acids is 3. The van der Waals surface area contributed by atoms with Gasteiger partial charge in [0.1, 0.15) is 0 Å². The number of piperazine rings is 1. The first-order valence-corrected chi connectivity index (χ1v) is 11.9. The molecule has 3 fully saturated rings. The molecule has 0 bridgehead atoms. The third-order valence-corrected chi connectivity index (χ3v) is 7.34. The molecule has 3 aliphatic rings. The number of amides is 3. The van der Waals surface area contributed by atoms with Gasteiger partial charge in [0.05, 0.1) is 5.92 Å². The molecule has 174 valence electrons. The minimum atomic E-state index is -0.674. The Morgan fingerprint density at radius 3 is 2.09 bits per heavy atom. The summed E-state index contributed by atoms with van der Waals surface area (Å²) in [4.78, 5) is 44.8. The fourth-order valence-corrected chi connectivity index (χ4v) is 5.49. The SMILES string of the molecule is O=C(NO)[C@H]1C[C@H](C(=O)N2CCCCC2)CC[C@@H]1C(=O)N1CCN(c2ccccc2)CC1. The van der Waals surface area contributed by atoms with E-state index in [1.54, 1.807) is 5.48 Å². The summed E-state index contributed by atoms with van der Waals surface area (Å²) in [6, 6.07) is 10.1. The third kappa shape index (κ3) is 4.90. The maximum atomic E-state index is 13.4. The highest BCUT2D eigenvalue weighted by molar-refractivity contribution is 5.89. The summed E-state index contributed by atoms with van der Waals surface area (Å²) in [6.07, 6.45) is 4.63. The fourth-order valence-electron chi connectivity index (χ4n) is 5.49. The average Bonchev–Trinajstić information content (AvgIpc) is 2.88. The van der Waals surface area contributed by atoms with Crippen LogP contribution in [0.4, 0.5) is 5.69 Å². The van der Waals surface area contributed by atoms with Gasteiger partial charge in [-0.25, -0.2) is 5.48 Å². The Bertz CT molecular complexity index is 803. The van der Waals surface area contributed by atoms with Crippen molar-refractivity contribution in [2.24, 2.45) is 17.8 Å². The molecule has 3 atom stereocenters. The highest BCUT2D eigenvalue weighted by Crippen LogP contribution is 2.37. The number of rotatable bonds is 4. The number of nitrogens with zero attached hydrogens (tertiary/aromatic N) is 3. The predicted octanol–water partition coefficient (Wildman–Crippen LogP) is 1.89. The van der Waals surface area contributed by atoms with E-state index in [9.17, 15) is 19.6 Å². The molecule has 2 N–H and O–H groups in total. The first-order chi connectivity index (χ1) is 15.6. The van der Waals surface area contributed by atoms with Gasteiger partial charge in [0.15, 0.2) is 0 Å². The highest BCUT2D eigenvalue weighted by atomic mass is 16.5. The molecule has 2 heterocycles. The van der Waals surface area contributed by atoms with Crippen molar-refractivity contribution in [3.63, 3.8) is 0 Å². The van der Waals surface area contributed by atoms with Crippen molar-refractivity contribution in [3.05, 3.63) is 30.3 Å². The number of hydroxylamine groups is 1. The van der Waals surface area contributed by atoms with Crippen LogP contribution in [0.2, 0.25) is 0 Å². The van der Waals surface area contributed by atoms with Gasteiger partial charge in [0.2, 0.25) is 17.7 Å². The Morgan fingerprint density at radius 1 is 0.781 bits per heavy atom. The Balaban J connectivity index is 1.38. The first kappa shape index (κ1) is 22.6. The van der Waals surface area contributed by atoms with Crippen LogP contribution in [-0.2, 0) is 14.4 Å².